The van der Waals surface area contributed by atoms with Gasteiger partial charge < -0.3 is 10.6 Å². The van der Waals surface area contributed by atoms with Crippen molar-refractivity contribution < 1.29 is 9.59 Å². The molecule has 3 heterocycles. The van der Waals surface area contributed by atoms with Crippen LogP contribution < -0.4 is 10.6 Å². The third-order valence-corrected chi connectivity index (χ3v) is 6.70. The molecular formula is C19H21N7O2S2. The number of amides is 2. The average Bonchev–Trinajstić information content (AvgIpc) is 3.34. The van der Waals surface area contributed by atoms with Crippen molar-refractivity contribution in [3.8, 4) is 0 Å². The van der Waals surface area contributed by atoms with Gasteiger partial charge >= 0.3 is 0 Å². The molecule has 0 aromatic carbocycles. The molecule has 30 heavy (non-hydrogen) atoms. The number of anilines is 2. The molecule has 2 amide bonds. The van der Waals surface area contributed by atoms with E-state index in [4.69, 9.17) is 0 Å². The van der Waals surface area contributed by atoms with Crippen molar-refractivity contribution in [1.29, 1.82) is 0 Å². The van der Waals surface area contributed by atoms with Gasteiger partial charge in [0, 0.05) is 30.7 Å². The number of rotatable bonds is 8. The molecule has 0 spiro atoms. The molecule has 1 aliphatic carbocycles. The monoisotopic (exact) mass is 443 g/mol. The van der Waals surface area contributed by atoms with Crippen molar-refractivity contribution in [2.75, 3.05) is 10.6 Å². The molecule has 11 heteroatoms. The Balaban J connectivity index is 1.23. The normalized spacial score (nSPS) is 17.9. The van der Waals surface area contributed by atoms with Crippen LogP contribution in [0.2, 0.25) is 0 Å². The number of pyridine rings is 1. The lowest BCUT2D eigenvalue weighted by Crippen LogP contribution is -2.23. The number of nitrogens with one attached hydrogen (secondary N) is 2. The Morgan fingerprint density at radius 3 is 2.57 bits per heavy atom. The fraction of sp³-hybridized carbons (Fsp3) is 0.421. The molecule has 0 unspecified atom stereocenters. The topological polar surface area (TPSA) is 123 Å². The first-order chi connectivity index (χ1) is 14.6. The molecule has 3 aromatic heterocycles. The molecule has 0 aliphatic heterocycles. The minimum atomic E-state index is -0.151. The lowest BCUT2D eigenvalue weighted by molar-refractivity contribution is -0.116. The zero-order valence-electron chi connectivity index (χ0n) is 16.4. The summed E-state index contributed by atoms with van der Waals surface area (Å²) < 4.78 is 0. The Morgan fingerprint density at radius 1 is 1.03 bits per heavy atom. The second kappa shape index (κ2) is 9.35. The van der Waals surface area contributed by atoms with Gasteiger partial charge in [-0.3, -0.25) is 14.6 Å². The molecule has 9 nitrogen and oxygen atoms in total. The SMILES string of the molecule is CCC(=O)Nc1nnc([C@H]2C[C@H](Cc3nnc(NC(=O)Cc4ccccn4)s3)C2)s1. The quantitative estimate of drug-likeness (QED) is 0.548. The Morgan fingerprint density at radius 2 is 1.80 bits per heavy atom. The van der Waals surface area contributed by atoms with Crippen LogP contribution in [0.15, 0.2) is 24.4 Å². The van der Waals surface area contributed by atoms with Crippen LogP contribution >= 0.6 is 22.7 Å². The highest BCUT2D eigenvalue weighted by atomic mass is 32.1. The maximum absolute atomic E-state index is 12.1. The first-order valence-electron chi connectivity index (χ1n) is 9.74. The van der Waals surface area contributed by atoms with Gasteiger partial charge in [0.15, 0.2) is 0 Å². The van der Waals surface area contributed by atoms with E-state index in [0.29, 0.717) is 34.2 Å². The first kappa shape index (κ1) is 20.5. The summed E-state index contributed by atoms with van der Waals surface area (Å²) >= 11 is 2.86. The smallest absolute Gasteiger partial charge is 0.232 e. The second-order valence-electron chi connectivity index (χ2n) is 7.13. The first-order valence-corrected chi connectivity index (χ1v) is 11.4. The van der Waals surface area contributed by atoms with Crippen LogP contribution in [0.1, 0.15) is 47.8 Å². The highest BCUT2D eigenvalue weighted by Gasteiger charge is 2.33. The highest BCUT2D eigenvalue weighted by molar-refractivity contribution is 7.15. The number of aromatic nitrogens is 5. The molecular weight excluding hydrogens is 422 g/mol. The number of hydrogen-bond donors (Lipinski definition) is 2. The van der Waals surface area contributed by atoms with E-state index in [1.54, 1.807) is 13.1 Å². The van der Waals surface area contributed by atoms with Crippen LogP contribution in [-0.4, -0.2) is 37.2 Å². The van der Waals surface area contributed by atoms with Gasteiger partial charge in [-0.25, -0.2) is 0 Å². The van der Waals surface area contributed by atoms with Crippen molar-refractivity contribution in [1.82, 2.24) is 25.4 Å². The number of hydrogen-bond acceptors (Lipinski definition) is 9. The standard InChI is InChI=1S/C19H21N7O2S2/c1-2-14(27)21-19-26-24-17(30-19)12-7-11(8-12)9-16-23-25-18(29-16)22-15(28)10-13-5-3-4-6-20-13/h3-6,11-12H,2,7-10H2,1H3,(H,21,26,27)(H,22,25,28)/t11-,12-. The number of carbonyl (C=O) groups excluding carboxylic acids is 2. The maximum atomic E-state index is 12.1. The van der Waals surface area contributed by atoms with E-state index >= 15 is 0 Å². The molecule has 4 rings (SSSR count). The van der Waals surface area contributed by atoms with E-state index in [-0.39, 0.29) is 18.2 Å². The van der Waals surface area contributed by atoms with Crippen molar-refractivity contribution in [2.24, 2.45) is 5.92 Å². The average molecular weight is 444 g/mol. The van der Waals surface area contributed by atoms with Gasteiger partial charge in [-0.2, -0.15) is 0 Å². The van der Waals surface area contributed by atoms with Gasteiger partial charge in [-0.05, 0) is 30.9 Å². The van der Waals surface area contributed by atoms with Crippen molar-refractivity contribution >= 4 is 44.8 Å². The molecule has 1 fully saturated rings. The highest BCUT2D eigenvalue weighted by Crippen LogP contribution is 2.44. The van der Waals surface area contributed by atoms with Crippen LogP contribution in [0.5, 0.6) is 0 Å². The van der Waals surface area contributed by atoms with E-state index in [9.17, 15) is 9.59 Å². The Hall–Kier alpha value is -2.79. The summed E-state index contributed by atoms with van der Waals surface area (Å²) in [4.78, 5) is 27.7. The third-order valence-electron chi connectivity index (χ3n) is 4.84. The van der Waals surface area contributed by atoms with E-state index in [1.165, 1.54) is 22.7 Å². The second-order valence-corrected chi connectivity index (χ2v) is 9.20. The van der Waals surface area contributed by atoms with Crippen LogP contribution in [0.3, 0.4) is 0 Å². The van der Waals surface area contributed by atoms with E-state index < -0.39 is 0 Å². The fourth-order valence-corrected chi connectivity index (χ4v) is 4.98. The van der Waals surface area contributed by atoms with E-state index in [1.807, 2.05) is 18.2 Å². The Bertz CT molecular complexity index is 1010. The zero-order valence-corrected chi connectivity index (χ0v) is 18.0. The van der Waals surface area contributed by atoms with Gasteiger partial charge in [0.25, 0.3) is 0 Å². The van der Waals surface area contributed by atoms with Crippen LogP contribution in [0.25, 0.3) is 0 Å². The third kappa shape index (κ3) is 5.22. The molecule has 3 aromatic rings. The van der Waals surface area contributed by atoms with E-state index in [0.717, 1.165) is 29.3 Å². The number of nitrogens with zero attached hydrogens (tertiary/aromatic N) is 5. The van der Waals surface area contributed by atoms with Crippen LogP contribution in [-0.2, 0) is 22.4 Å². The predicted octanol–water partition coefficient (Wildman–Crippen LogP) is 3.05. The molecule has 1 saturated carbocycles. The van der Waals surface area contributed by atoms with Crippen molar-refractivity contribution in [2.45, 2.75) is 44.9 Å². The molecule has 156 valence electrons. The molecule has 0 atom stereocenters. The zero-order chi connectivity index (χ0) is 20.9. The van der Waals surface area contributed by atoms with Crippen LogP contribution in [0.4, 0.5) is 10.3 Å². The minimum Gasteiger partial charge on any atom is -0.301 e. The predicted molar refractivity (Wildman–Crippen MR) is 114 cm³/mol. The molecule has 0 radical (unpaired) electrons. The minimum absolute atomic E-state index is 0.0524. The molecule has 2 N–H and O–H groups in total. The van der Waals surface area contributed by atoms with Gasteiger partial charge in [0.05, 0.1) is 6.42 Å². The number of carbonyl (C=O) groups is 2. The summed E-state index contributed by atoms with van der Waals surface area (Å²) in [5, 5.41) is 25.1. The van der Waals surface area contributed by atoms with Crippen molar-refractivity contribution in [3.63, 3.8) is 0 Å². The van der Waals surface area contributed by atoms with Gasteiger partial charge in [-0.15, -0.1) is 20.4 Å². The van der Waals surface area contributed by atoms with Crippen LogP contribution in [0, 0.1) is 5.92 Å². The Kier molecular flexibility index (Phi) is 6.38. The van der Waals surface area contributed by atoms with E-state index in [2.05, 4.69) is 36.0 Å². The summed E-state index contributed by atoms with van der Waals surface area (Å²) in [5.41, 5.74) is 0.717. The van der Waals surface area contributed by atoms with Gasteiger partial charge in [-0.1, -0.05) is 35.7 Å². The van der Waals surface area contributed by atoms with Gasteiger partial charge in [0.2, 0.25) is 22.1 Å². The fourth-order valence-electron chi connectivity index (χ4n) is 3.23. The largest absolute Gasteiger partial charge is 0.301 e. The summed E-state index contributed by atoms with van der Waals surface area (Å²) in [6.45, 7) is 1.80. The Labute approximate surface area is 181 Å². The summed E-state index contributed by atoms with van der Waals surface area (Å²) in [6, 6.07) is 5.49. The lowest BCUT2D eigenvalue weighted by Gasteiger charge is -2.32. The van der Waals surface area contributed by atoms with Gasteiger partial charge in [0.1, 0.15) is 10.0 Å². The molecule has 0 bridgehead atoms. The maximum Gasteiger partial charge on any atom is 0.232 e. The summed E-state index contributed by atoms with van der Waals surface area (Å²) in [6.07, 6.45) is 5.16. The van der Waals surface area contributed by atoms with Crippen molar-refractivity contribution in [3.05, 3.63) is 40.1 Å². The lowest BCUT2D eigenvalue weighted by atomic mass is 9.74. The molecule has 1 aliphatic rings. The summed E-state index contributed by atoms with van der Waals surface area (Å²) in [5.74, 6) is 0.688. The molecule has 0 saturated heterocycles. The summed E-state index contributed by atoms with van der Waals surface area (Å²) in [7, 11) is 0.